The molecule has 1 N–H and O–H groups in total. The van der Waals surface area contributed by atoms with Gasteiger partial charge in [-0.2, -0.15) is 0 Å². The molecule has 12 heavy (non-hydrogen) atoms. The zero-order valence-electron chi connectivity index (χ0n) is 8.27. The summed E-state index contributed by atoms with van der Waals surface area (Å²) in [4.78, 5) is 2.70. The molecule has 2 atom stereocenters. The van der Waals surface area contributed by atoms with Crippen molar-refractivity contribution in [2.24, 2.45) is 0 Å². The number of hydrogen-bond acceptors (Lipinski definition) is 2. The van der Waals surface area contributed by atoms with Crippen molar-refractivity contribution in [3.05, 3.63) is 0 Å². The first-order valence-electron chi connectivity index (χ1n) is 5.20. The highest BCUT2D eigenvalue weighted by Crippen LogP contribution is 2.30. The Bertz CT molecular complexity index is 161. The van der Waals surface area contributed by atoms with Gasteiger partial charge in [-0.15, -0.1) is 0 Å². The number of nitrogens with one attached hydrogen (secondary N) is 1. The molecular weight excluding hydrogens is 148 g/mol. The Labute approximate surface area is 75.3 Å². The Morgan fingerprint density at radius 2 is 2.33 bits per heavy atom. The van der Waals surface area contributed by atoms with Crippen molar-refractivity contribution in [1.29, 1.82) is 0 Å². The largest absolute Gasteiger partial charge is 0.315 e. The van der Waals surface area contributed by atoms with Gasteiger partial charge in [0.15, 0.2) is 0 Å². The van der Waals surface area contributed by atoms with Crippen molar-refractivity contribution in [3.8, 4) is 0 Å². The summed E-state index contributed by atoms with van der Waals surface area (Å²) in [6, 6.07) is 0.815. The van der Waals surface area contributed by atoms with Crippen molar-refractivity contribution in [1.82, 2.24) is 10.2 Å². The van der Waals surface area contributed by atoms with E-state index in [2.05, 4.69) is 24.1 Å². The van der Waals surface area contributed by atoms with Gasteiger partial charge in [0.25, 0.3) is 0 Å². The lowest BCUT2D eigenvalue weighted by Gasteiger charge is -2.37. The van der Waals surface area contributed by atoms with Gasteiger partial charge in [0.2, 0.25) is 0 Å². The fraction of sp³-hybridized carbons (Fsp3) is 1.00. The van der Waals surface area contributed by atoms with Crippen LogP contribution >= 0.6 is 0 Å². The molecule has 0 radical (unpaired) electrons. The van der Waals surface area contributed by atoms with Gasteiger partial charge in [0.1, 0.15) is 0 Å². The third-order valence-corrected chi connectivity index (χ3v) is 3.59. The Kier molecular flexibility index (Phi) is 2.13. The fourth-order valence-electron chi connectivity index (χ4n) is 2.78. The molecule has 0 aromatic carbocycles. The molecular formula is C10H20N2. The third kappa shape index (κ3) is 1.27. The second-order valence-electron chi connectivity index (χ2n) is 4.61. The summed E-state index contributed by atoms with van der Waals surface area (Å²) in [7, 11) is 0. The average molecular weight is 168 g/mol. The first-order chi connectivity index (χ1) is 5.72. The minimum Gasteiger partial charge on any atom is -0.315 e. The van der Waals surface area contributed by atoms with E-state index in [9.17, 15) is 0 Å². The standard InChI is InChI=1S/C10H20N2/c1-9-4-3-7-12(9)10(2)5-6-11-8-10/h9,11H,3-8H2,1-2H3. The quantitative estimate of drug-likeness (QED) is 0.633. The number of likely N-dealkylation sites (tertiary alicyclic amines) is 1. The van der Waals surface area contributed by atoms with E-state index in [1.807, 2.05) is 0 Å². The van der Waals surface area contributed by atoms with Crippen LogP contribution in [-0.2, 0) is 0 Å². The molecule has 0 spiro atoms. The van der Waals surface area contributed by atoms with Crippen LogP contribution in [-0.4, -0.2) is 36.1 Å². The first-order valence-corrected chi connectivity index (χ1v) is 5.20. The highest BCUT2D eigenvalue weighted by atomic mass is 15.3. The van der Waals surface area contributed by atoms with Crippen molar-refractivity contribution >= 4 is 0 Å². The molecule has 0 bridgehead atoms. The molecule has 70 valence electrons. The molecule has 0 aromatic heterocycles. The normalized spacial score (nSPS) is 44.0. The van der Waals surface area contributed by atoms with Crippen molar-refractivity contribution < 1.29 is 0 Å². The smallest absolute Gasteiger partial charge is 0.0320 e. The molecule has 0 aromatic rings. The molecule has 0 aliphatic carbocycles. The maximum Gasteiger partial charge on any atom is 0.0320 e. The predicted octanol–water partition coefficient (Wildman–Crippen LogP) is 1.22. The lowest BCUT2D eigenvalue weighted by atomic mass is 9.98. The molecule has 2 heteroatoms. The Hall–Kier alpha value is -0.0800. The summed E-state index contributed by atoms with van der Waals surface area (Å²) < 4.78 is 0. The van der Waals surface area contributed by atoms with Crippen LogP contribution in [0.2, 0.25) is 0 Å². The van der Waals surface area contributed by atoms with Crippen molar-refractivity contribution in [2.45, 2.75) is 44.7 Å². The van der Waals surface area contributed by atoms with E-state index in [0.717, 1.165) is 6.04 Å². The van der Waals surface area contributed by atoms with E-state index in [1.54, 1.807) is 0 Å². The van der Waals surface area contributed by atoms with Gasteiger partial charge in [0.05, 0.1) is 0 Å². The summed E-state index contributed by atoms with van der Waals surface area (Å²) in [5.41, 5.74) is 0.468. The van der Waals surface area contributed by atoms with Crippen LogP contribution in [0.3, 0.4) is 0 Å². The SMILES string of the molecule is CC1CCCN1C1(C)CCNC1. The molecule has 2 unspecified atom stereocenters. The zero-order chi connectivity index (χ0) is 8.60. The van der Waals surface area contributed by atoms with Crippen LogP contribution in [0.15, 0.2) is 0 Å². The summed E-state index contributed by atoms with van der Waals surface area (Å²) in [5, 5.41) is 3.47. The third-order valence-electron chi connectivity index (χ3n) is 3.59. The summed E-state index contributed by atoms with van der Waals surface area (Å²) in [6.45, 7) is 8.50. The number of hydrogen-bond donors (Lipinski definition) is 1. The second-order valence-corrected chi connectivity index (χ2v) is 4.61. The van der Waals surface area contributed by atoms with Crippen LogP contribution in [0.25, 0.3) is 0 Å². The Morgan fingerprint density at radius 3 is 2.83 bits per heavy atom. The highest BCUT2D eigenvalue weighted by Gasteiger charge is 2.39. The maximum atomic E-state index is 3.47. The molecule has 2 aliphatic heterocycles. The minimum absolute atomic E-state index is 0.468. The van der Waals surface area contributed by atoms with E-state index < -0.39 is 0 Å². The van der Waals surface area contributed by atoms with E-state index in [-0.39, 0.29) is 0 Å². The van der Waals surface area contributed by atoms with Crippen LogP contribution in [0.5, 0.6) is 0 Å². The average Bonchev–Trinajstić information content (AvgIpc) is 2.59. The molecule has 2 fully saturated rings. The maximum absolute atomic E-state index is 3.47. The molecule has 2 saturated heterocycles. The van der Waals surface area contributed by atoms with Gasteiger partial charge in [-0.25, -0.2) is 0 Å². The zero-order valence-corrected chi connectivity index (χ0v) is 8.27. The van der Waals surface area contributed by atoms with Gasteiger partial charge < -0.3 is 5.32 Å². The van der Waals surface area contributed by atoms with Gasteiger partial charge >= 0.3 is 0 Å². The van der Waals surface area contributed by atoms with Crippen LogP contribution in [0.1, 0.15) is 33.1 Å². The topological polar surface area (TPSA) is 15.3 Å². The molecule has 2 rings (SSSR count). The van der Waals surface area contributed by atoms with Crippen LogP contribution in [0.4, 0.5) is 0 Å². The lowest BCUT2D eigenvalue weighted by Crippen LogP contribution is -2.49. The molecule has 2 nitrogen and oxygen atoms in total. The summed E-state index contributed by atoms with van der Waals surface area (Å²) in [5.74, 6) is 0. The second kappa shape index (κ2) is 3.00. The predicted molar refractivity (Wildman–Crippen MR) is 51.3 cm³/mol. The van der Waals surface area contributed by atoms with Crippen molar-refractivity contribution in [2.75, 3.05) is 19.6 Å². The van der Waals surface area contributed by atoms with Crippen molar-refractivity contribution in [3.63, 3.8) is 0 Å². The highest BCUT2D eigenvalue weighted by molar-refractivity contribution is 4.97. The van der Waals surface area contributed by atoms with Gasteiger partial charge in [-0.3, -0.25) is 4.90 Å². The number of nitrogens with zero attached hydrogens (tertiary/aromatic N) is 1. The summed E-state index contributed by atoms with van der Waals surface area (Å²) >= 11 is 0. The molecule has 0 amide bonds. The Balaban J connectivity index is 2.06. The van der Waals surface area contributed by atoms with Gasteiger partial charge in [0, 0.05) is 18.1 Å². The van der Waals surface area contributed by atoms with Gasteiger partial charge in [-0.1, -0.05) is 0 Å². The molecule has 0 saturated carbocycles. The molecule has 2 aliphatic rings. The van der Waals surface area contributed by atoms with E-state index in [0.29, 0.717) is 5.54 Å². The monoisotopic (exact) mass is 168 g/mol. The summed E-state index contributed by atoms with van der Waals surface area (Å²) in [6.07, 6.45) is 4.13. The van der Waals surface area contributed by atoms with Crippen LogP contribution < -0.4 is 5.32 Å². The van der Waals surface area contributed by atoms with E-state index in [1.165, 1.54) is 38.9 Å². The first kappa shape index (κ1) is 8.52. The molecule has 2 heterocycles. The van der Waals surface area contributed by atoms with E-state index >= 15 is 0 Å². The lowest BCUT2D eigenvalue weighted by molar-refractivity contribution is 0.114. The van der Waals surface area contributed by atoms with E-state index in [4.69, 9.17) is 0 Å². The minimum atomic E-state index is 0.468. The Morgan fingerprint density at radius 1 is 1.50 bits per heavy atom. The van der Waals surface area contributed by atoms with Crippen LogP contribution in [0, 0.1) is 0 Å². The number of rotatable bonds is 1. The van der Waals surface area contributed by atoms with Gasteiger partial charge in [-0.05, 0) is 46.2 Å². The fourth-order valence-corrected chi connectivity index (χ4v) is 2.78.